The van der Waals surface area contributed by atoms with Crippen LogP contribution in [0.1, 0.15) is 53.7 Å². The molecule has 1 saturated heterocycles. The fraction of sp³-hybridized carbons (Fsp3) is 0.526. The number of amides is 1. The van der Waals surface area contributed by atoms with Gasteiger partial charge < -0.3 is 14.2 Å². The van der Waals surface area contributed by atoms with Crippen LogP contribution >= 0.6 is 0 Å². The van der Waals surface area contributed by atoms with Gasteiger partial charge in [-0.2, -0.15) is 4.98 Å². The van der Waals surface area contributed by atoms with Crippen molar-refractivity contribution in [2.45, 2.75) is 38.5 Å². The summed E-state index contributed by atoms with van der Waals surface area (Å²) in [6.07, 6.45) is 4.47. The van der Waals surface area contributed by atoms with Crippen LogP contribution in [-0.4, -0.2) is 40.6 Å². The Morgan fingerprint density at radius 2 is 2.08 bits per heavy atom. The normalized spacial score (nSPS) is 20.5. The van der Waals surface area contributed by atoms with Gasteiger partial charge in [0.15, 0.2) is 5.82 Å². The number of aromatic nitrogens is 2. The van der Waals surface area contributed by atoms with Crippen molar-refractivity contribution in [3.05, 3.63) is 41.5 Å². The predicted molar refractivity (Wildman–Crippen MR) is 91.6 cm³/mol. The Morgan fingerprint density at radius 3 is 2.76 bits per heavy atom. The highest BCUT2D eigenvalue weighted by atomic mass is 16.5. The summed E-state index contributed by atoms with van der Waals surface area (Å²) in [5, 5.41) is 4.02. The number of carbonyl (C=O) groups is 1. The maximum atomic E-state index is 12.8. The van der Waals surface area contributed by atoms with E-state index in [1.807, 2.05) is 29.2 Å². The van der Waals surface area contributed by atoms with Crippen LogP contribution in [0.3, 0.4) is 0 Å². The molecule has 132 valence electrons. The summed E-state index contributed by atoms with van der Waals surface area (Å²) in [5.41, 5.74) is 0.698. The zero-order valence-electron chi connectivity index (χ0n) is 14.5. The largest absolute Gasteiger partial charge is 0.493 e. The van der Waals surface area contributed by atoms with E-state index >= 15 is 0 Å². The summed E-state index contributed by atoms with van der Waals surface area (Å²) in [5.74, 6) is 3.04. The monoisotopic (exact) mass is 341 g/mol. The molecule has 2 fully saturated rings. The Morgan fingerprint density at radius 1 is 1.28 bits per heavy atom. The number of nitrogens with zero attached hydrogens (tertiary/aromatic N) is 3. The molecule has 25 heavy (non-hydrogen) atoms. The Bertz CT molecular complexity index is 737. The van der Waals surface area contributed by atoms with Crippen LogP contribution in [0.5, 0.6) is 5.75 Å². The van der Waals surface area contributed by atoms with Gasteiger partial charge in [-0.3, -0.25) is 4.79 Å². The molecule has 6 nitrogen and oxygen atoms in total. The molecule has 1 atom stereocenters. The van der Waals surface area contributed by atoms with Gasteiger partial charge in [0, 0.05) is 31.5 Å². The lowest BCUT2D eigenvalue weighted by molar-refractivity contribution is 0.0703. The Kier molecular flexibility index (Phi) is 4.42. The second kappa shape index (κ2) is 6.86. The van der Waals surface area contributed by atoms with E-state index in [0.29, 0.717) is 23.8 Å². The van der Waals surface area contributed by atoms with Gasteiger partial charge in [0.2, 0.25) is 5.89 Å². The molecule has 1 saturated carbocycles. The number of ether oxygens (including phenoxy) is 1. The van der Waals surface area contributed by atoms with E-state index in [1.165, 1.54) is 12.8 Å². The van der Waals surface area contributed by atoms with Gasteiger partial charge in [-0.05, 0) is 55.9 Å². The van der Waals surface area contributed by atoms with E-state index in [-0.39, 0.29) is 11.8 Å². The van der Waals surface area contributed by atoms with E-state index in [0.717, 1.165) is 37.7 Å². The maximum Gasteiger partial charge on any atom is 0.253 e. The van der Waals surface area contributed by atoms with Crippen molar-refractivity contribution in [1.29, 1.82) is 0 Å². The molecule has 0 N–H and O–H groups in total. The summed E-state index contributed by atoms with van der Waals surface area (Å²) in [6.45, 7) is 3.98. The lowest BCUT2D eigenvalue weighted by Crippen LogP contribution is -2.39. The molecule has 1 aliphatic heterocycles. The minimum Gasteiger partial charge on any atom is -0.493 e. The first-order valence-electron chi connectivity index (χ1n) is 9.01. The molecule has 1 aromatic heterocycles. The van der Waals surface area contributed by atoms with Crippen molar-refractivity contribution in [2.75, 3.05) is 19.7 Å². The smallest absolute Gasteiger partial charge is 0.253 e. The molecule has 0 unspecified atom stereocenters. The third-order valence-electron chi connectivity index (χ3n) is 4.90. The van der Waals surface area contributed by atoms with Crippen LogP contribution in [0.15, 0.2) is 28.8 Å². The Hall–Kier alpha value is -2.37. The van der Waals surface area contributed by atoms with E-state index < -0.39 is 0 Å². The molecule has 2 heterocycles. The number of likely N-dealkylation sites (tertiary alicyclic amines) is 1. The van der Waals surface area contributed by atoms with Gasteiger partial charge in [0.25, 0.3) is 5.91 Å². The van der Waals surface area contributed by atoms with Crippen LogP contribution in [0.2, 0.25) is 0 Å². The van der Waals surface area contributed by atoms with E-state index in [4.69, 9.17) is 9.26 Å². The standard InChI is InChI=1S/C19H23N3O3/c1-13-20-18(21-25-13)16-3-2-10-22(11-16)19(23)15-6-8-17(9-7-15)24-12-14-4-5-14/h6-9,14,16H,2-5,10-12H2,1H3/t16-/m1/s1. The average Bonchev–Trinajstić information content (AvgIpc) is 3.39. The predicted octanol–water partition coefficient (Wildman–Crippen LogP) is 3.19. The molecule has 0 spiro atoms. The van der Waals surface area contributed by atoms with Crippen LogP contribution in [0, 0.1) is 12.8 Å². The number of benzene rings is 1. The summed E-state index contributed by atoms with van der Waals surface area (Å²) in [6, 6.07) is 7.48. The average molecular weight is 341 g/mol. The van der Waals surface area contributed by atoms with E-state index in [9.17, 15) is 4.79 Å². The van der Waals surface area contributed by atoms with Crippen LogP contribution in [0.4, 0.5) is 0 Å². The number of rotatable bonds is 5. The van der Waals surface area contributed by atoms with Crippen molar-refractivity contribution in [1.82, 2.24) is 15.0 Å². The van der Waals surface area contributed by atoms with Crippen molar-refractivity contribution >= 4 is 5.91 Å². The lowest BCUT2D eigenvalue weighted by Gasteiger charge is -2.31. The molecule has 0 radical (unpaired) electrons. The molecule has 2 aromatic rings. The molecule has 4 rings (SSSR count). The number of carbonyl (C=O) groups excluding carboxylic acids is 1. The number of hydrogen-bond acceptors (Lipinski definition) is 5. The molecule has 2 aliphatic rings. The van der Waals surface area contributed by atoms with Crippen molar-refractivity contribution < 1.29 is 14.1 Å². The lowest BCUT2D eigenvalue weighted by atomic mass is 9.96. The fourth-order valence-corrected chi connectivity index (χ4v) is 3.23. The molecular weight excluding hydrogens is 318 g/mol. The van der Waals surface area contributed by atoms with Gasteiger partial charge in [0.05, 0.1) is 6.61 Å². The SMILES string of the molecule is Cc1nc([C@@H]2CCCN(C(=O)c3ccc(OCC4CC4)cc3)C2)no1. The van der Waals surface area contributed by atoms with E-state index in [1.54, 1.807) is 6.92 Å². The highest BCUT2D eigenvalue weighted by Gasteiger charge is 2.28. The minimum atomic E-state index is 0.0543. The van der Waals surface area contributed by atoms with Gasteiger partial charge in [-0.15, -0.1) is 0 Å². The topological polar surface area (TPSA) is 68.5 Å². The molecular formula is C19H23N3O3. The summed E-state index contributed by atoms with van der Waals surface area (Å²) in [7, 11) is 0. The summed E-state index contributed by atoms with van der Waals surface area (Å²) < 4.78 is 10.8. The van der Waals surface area contributed by atoms with E-state index in [2.05, 4.69) is 10.1 Å². The first-order valence-corrected chi connectivity index (χ1v) is 9.01. The summed E-state index contributed by atoms with van der Waals surface area (Å²) >= 11 is 0. The van der Waals surface area contributed by atoms with Crippen molar-refractivity contribution in [3.63, 3.8) is 0 Å². The fourth-order valence-electron chi connectivity index (χ4n) is 3.23. The third kappa shape index (κ3) is 3.83. The number of aryl methyl sites for hydroxylation is 1. The van der Waals surface area contributed by atoms with Gasteiger partial charge in [0.1, 0.15) is 5.75 Å². The second-order valence-electron chi connectivity index (χ2n) is 7.04. The highest BCUT2D eigenvalue weighted by Crippen LogP contribution is 2.30. The second-order valence-corrected chi connectivity index (χ2v) is 7.04. The Labute approximate surface area is 147 Å². The van der Waals surface area contributed by atoms with Crippen LogP contribution in [0.25, 0.3) is 0 Å². The number of piperidine rings is 1. The molecule has 6 heteroatoms. The molecule has 1 aromatic carbocycles. The van der Waals surface area contributed by atoms with Crippen molar-refractivity contribution in [2.24, 2.45) is 5.92 Å². The van der Waals surface area contributed by atoms with Crippen LogP contribution in [-0.2, 0) is 0 Å². The maximum absolute atomic E-state index is 12.8. The van der Waals surface area contributed by atoms with Gasteiger partial charge >= 0.3 is 0 Å². The molecule has 0 bridgehead atoms. The third-order valence-corrected chi connectivity index (χ3v) is 4.90. The van der Waals surface area contributed by atoms with Gasteiger partial charge in [-0.1, -0.05) is 5.16 Å². The zero-order valence-corrected chi connectivity index (χ0v) is 14.5. The van der Waals surface area contributed by atoms with Crippen LogP contribution < -0.4 is 4.74 Å². The van der Waals surface area contributed by atoms with Gasteiger partial charge in [-0.25, -0.2) is 0 Å². The highest BCUT2D eigenvalue weighted by molar-refractivity contribution is 5.94. The first kappa shape index (κ1) is 16.1. The Balaban J connectivity index is 1.39. The summed E-state index contributed by atoms with van der Waals surface area (Å²) in [4.78, 5) is 19.0. The first-order chi connectivity index (χ1) is 12.2. The molecule has 1 amide bonds. The minimum absolute atomic E-state index is 0.0543. The molecule has 1 aliphatic carbocycles. The van der Waals surface area contributed by atoms with Crippen molar-refractivity contribution in [3.8, 4) is 5.75 Å². The zero-order chi connectivity index (χ0) is 17.2. The quantitative estimate of drug-likeness (QED) is 0.835. The number of hydrogen-bond donors (Lipinski definition) is 0.